The molecule has 2 amide bonds. The fourth-order valence-electron chi connectivity index (χ4n) is 3.51. The molecule has 6 nitrogen and oxygen atoms in total. The van der Waals surface area contributed by atoms with Crippen LogP contribution in [0.4, 0.5) is 16.3 Å². The number of amides is 2. The number of carbonyl (C=O) groups excluding carboxylic acids is 1. The van der Waals surface area contributed by atoms with E-state index in [0.29, 0.717) is 36.9 Å². The zero-order chi connectivity index (χ0) is 21.1. The second-order valence-corrected chi connectivity index (χ2v) is 7.87. The van der Waals surface area contributed by atoms with Crippen LogP contribution in [0.1, 0.15) is 11.1 Å². The van der Waals surface area contributed by atoms with Gasteiger partial charge in [-0.15, -0.1) is 10.2 Å². The maximum Gasteiger partial charge on any atom is 0.321 e. The van der Waals surface area contributed by atoms with Gasteiger partial charge in [0, 0.05) is 42.5 Å². The number of anilines is 2. The lowest BCUT2D eigenvalue weighted by Gasteiger charge is -2.35. The van der Waals surface area contributed by atoms with Crippen LogP contribution >= 0.6 is 11.6 Å². The molecule has 0 radical (unpaired) electrons. The van der Waals surface area contributed by atoms with Gasteiger partial charge in [-0.25, -0.2) is 4.79 Å². The normalized spacial score (nSPS) is 14.0. The van der Waals surface area contributed by atoms with Gasteiger partial charge in [0.1, 0.15) is 0 Å². The number of benzene rings is 2. The first-order valence-corrected chi connectivity index (χ1v) is 10.4. The summed E-state index contributed by atoms with van der Waals surface area (Å²) in [5, 5.41) is 12.4. The lowest BCUT2D eigenvalue weighted by atomic mass is 10.1. The number of aryl methyl sites for hydroxylation is 2. The molecule has 7 heteroatoms. The number of hydrogen-bond donors (Lipinski definition) is 1. The third-order valence-corrected chi connectivity index (χ3v) is 5.79. The van der Waals surface area contributed by atoms with Gasteiger partial charge in [0.25, 0.3) is 0 Å². The van der Waals surface area contributed by atoms with E-state index in [0.717, 1.165) is 22.6 Å². The van der Waals surface area contributed by atoms with E-state index in [4.69, 9.17) is 11.6 Å². The van der Waals surface area contributed by atoms with Crippen molar-refractivity contribution in [3.05, 3.63) is 70.7 Å². The van der Waals surface area contributed by atoms with Crippen LogP contribution in [0.25, 0.3) is 11.3 Å². The molecule has 4 rings (SSSR count). The van der Waals surface area contributed by atoms with E-state index in [2.05, 4.69) is 39.5 Å². The molecule has 0 unspecified atom stereocenters. The van der Waals surface area contributed by atoms with Crippen molar-refractivity contribution in [1.82, 2.24) is 15.1 Å². The Morgan fingerprint density at radius 3 is 2.37 bits per heavy atom. The average Bonchev–Trinajstić information content (AvgIpc) is 2.77. The summed E-state index contributed by atoms with van der Waals surface area (Å²) in [4.78, 5) is 16.5. The monoisotopic (exact) mass is 421 g/mol. The van der Waals surface area contributed by atoms with Crippen LogP contribution in [0.3, 0.4) is 0 Å². The molecule has 0 bridgehead atoms. The molecule has 2 heterocycles. The third-order valence-electron chi connectivity index (χ3n) is 5.39. The van der Waals surface area contributed by atoms with Crippen molar-refractivity contribution in [2.45, 2.75) is 13.8 Å². The van der Waals surface area contributed by atoms with Crippen LogP contribution < -0.4 is 10.2 Å². The lowest BCUT2D eigenvalue weighted by molar-refractivity contribution is 0.208. The van der Waals surface area contributed by atoms with Crippen molar-refractivity contribution < 1.29 is 4.79 Å². The summed E-state index contributed by atoms with van der Waals surface area (Å²) in [5.74, 6) is 0.831. The van der Waals surface area contributed by atoms with E-state index in [1.165, 1.54) is 5.56 Å². The molecule has 1 aliphatic heterocycles. The van der Waals surface area contributed by atoms with Crippen molar-refractivity contribution >= 4 is 29.1 Å². The smallest absolute Gasteiger partial charge is 0.321 e. The minimum Gasteiger partial charge on any atom is -0.352 e. The summed E-state index contributed by atoms with van der Waals surface area (Å²) in [6.07, 6.45) is 0. The molecule has 0 saturated carbocycles. The highest BCUT2D eigenvalue weighted by Crippen LogP contribution is 2.23. The molecule has 3 aromatic rings. The van der Waals surface area contributed by atoms with Gasteiger partial charge in [0.05, 0.1) is 5.69 Å². The van der Waals surface area contributed by atoms with Crippen LogP contribution in [-0.4, -0.2) is 47.3 Å². The van der Waals surface area contributed by atoms with E-state index in [1.54, 1.807) is 11.0 Å². The van der Waals surface area contributed by atoms with Crippen molar-refractivity contribution in [3.8, 4) is 11.3 Å². The summed E-state index contributed by atoms with van der Waals surface area (Å²) in [6, 6.07) is 17.6. The number of nitrogens with zero attached hydrogens (tertiary/aromatic N) is 4. The van der Waals surface area contributed by atoms with Crippen LogP contribution in [0, 0.1) is 13.8 Å². The Labute approximate surface area is 181 Å². The van der Waals surface area contributed by atoms with Crippen molar-refractivity contribution in [2.75, 3.05) is 36.4 Å². The molecule has 154 valence electrons. The minimum atomic E-state index is -0.115. The van der Waals surface area contributed by atoms with Crippen LogP contribution in [0.15, 0.2) is 54.6 Å². The van der Waals surface area contributed by atoms with Crippen molar-refractivity contribution in [3.63, 3.8) is 0 Å². The Hall–Kier alpha value is -3.12. The van der Waals surface area contributed by atoms with Gasteiger partial charge in [-0.3, -0.25) is 0 Å². The highest BCUT2D eigenvalue weighted by atomic mass is 35.5. The summed E-state index contributed by atoms with van der Waals surface area (Å²) in [7, 11) is 0. The molecule has 30 heavy (non-hydrogen) atoms. The summed E-state index contributed by atoms with van der Waals surface area (Å²) >= 11 is 6.14. The molecule has 1 aliphatic rings. The Morgan fingerprint density at radius 2 is 1.70 bits per heavy atom. The summed E-state index contributed by atoms with van der Waals surface area (Å²) < 4.78 is 0. The summed E-state index contributed by atoms with van der Waals surface area (Å²) in [6.45, 7) is 6.66. The third kappa shape index (κ3) is 4.39. The molecule has 1 fully saturated rings. The fourth-order valence-corrected chi connectivity index (χ4v) is 3.69. The first-order valence-electron chi connectivity index (χ1n) is 9.98. The molecular formula is C23H24ClN5O. The second kappa shape index (κ2) is 8.71. The second-order valence-electron chi connectivity index (χ2n) is 7.46. The number of carbonyl (C=O) groups is 1. The molecule has 1 N–H and O–H groups in total. The van der Waals surface area contributed by atoms with Gasteiger partial charge in [0.2, 0.25) is 0 Å². The highest BCUT2D eigenvalue weighted by molar-refractivity contribution is 6.31. The number of aromatic nitrogens is 2. The zero-order valence-corrected chi connectivity index (χ0v) is 17.9. The van der Waals surface area contributed by atoms with Gasteiger partial charge in [0.15, 0.2) is 5.82 Å². The topological polar surface area (TPSA) is 61.4 Å². The van der Waals surface area contributed by atoms with Gasteiger partial charge < -0.3 is 15.1 Å². The van der Waals surface area contributed by atoms with Crippen LogP contribution in [-0.2, 0) is 0 Å². The van der Waals surface area contributed by atoms with E-state index in [9.17, 15) is 4.79 Å². The maximum absolute atomic E-state index is 12.6. The average molecular weight is 422 g/mol. The molecule has 0 atom stereocenters. The quantitative estimate of drug-likeness (QED) is 0.661. The Balaban J connectivity index is 1.35. The van der Waals surface area contributed by atoms with Gasteiger partial charge in [-0.05, 0) is 49.2 Å². The van der Waals surface area contributed by atoms with Gasteiger partial charge in [-0.1, -0.05) is 41.9 Å². The first-order chi connectivity index (χ1) is 14.5. The molecule has 0 spiro atoms. The Bertz CT molecular complexity index is 1050. The fraction of sp³-hybridized carbons (Fsp3) is 0.261. The van der Waals surface area contributed by atoms with Crippen LogP contribution in [0.2, 0.25) is 5.02 Å². The number of nitrogens with one attached hydrogen (secondary N) is 1. The van der Waals surface area contributed by atoms with E-state index >= 15 is 0 Å². The highest BCUT2D eigenvalue weighted by Gasteiger charge is 2.22. The van der Waals surface area contributed by atoms with Gasteiger partial charge in [-0.2, -0.15) is 0 Å². The lowest BCUT2D eigenvalue weighted by Crippen LogP contribution is -2.50. The molecule has 2 aromatic carbocycles. The van der Waals surface area contributed by atoms with Crippen molar-refractivity contribution in [1.29, 1.82) is 0 Å². The minimum absolute atomic E-state index is 0.115. The molecular weight excluding hydrogens is 398 g/mol. The molecule has 0 aliphatic carbocycles. The SMILES string of the molecule is Cc1ccc(NC(=O)N2CCN(c3ccc(-c4ccccc4C)nn3)CC2)cc1Cl. The predicted molar refractivity (Wildman–Crippen MR) is 121 cm³/mol. The van der Waals surface area contributed by atoms with E-state index < -0.39 is 0 Å². The first kappa shape index (κ1) is 20.2. The number of urea groups is 1. The van der Waals surface area contributed by atoms with E-state index in [1.807, 2.05) is 43.3 Å². The standard InChI is InChI=1S/C23H24ClN5O/c1-16-5-3-4-6-19(16)21-9-10-22(27-26-21)28-11-13-29(14-12-28)23(30)25-18-8-7-17(2)20(24)15-18/h3-10,15H,11-14H2,1-2H3,(H,25,30). The van der Waals surface area contributed by atoms with Crippen molar-refractivity contribution in [2.24, 2.45) is 0 Å². The van der Waals surface area contributed by atoms with Crippen LogP contribution in [0.5, 0.6) is 0 Å². The predicted octanol–water partition coefficient (Wildman–Crippen LogP) is 4.77. The number of hydrogen-bond acceptors (Lipinski definition) is 4. The Kier molecular flexibility index (Phi) is 5.86. The largest absolute Gasteiger partial charge is 0.352 e. The number of rotatable bonds is 3. The number of piperazine rings is 1. The van der Waals surface area contributed by atoms with E-state index in [-0.39, 0.29) is 6.03 Å². The number of halogens is 1. The summed E-state index contributed by atoms with van der Waals surface area (Å²) in [5.41, 5.74) is 4.82. The maximum atomic E-state index is 12.6. The van der Waals surface area contributed by atoms with Gasteiger partial charge >= 0.3 is 6.03 Å². The molecule has 1 aromatic heterocycles. The zero-order valence-electron chi connectivity index (χ0n) is 17.1. The molecule has 1 saturated heterocycles. The Morgan fingerprint density at radius 1 is 0.933 bits per heavy atom.